The zero-order chi connectivity index (χ0) is 25.8. The number of cyclic esters (lactones) is 1. The van der Waals surface area contributed by atoms with E-state index in [1.165, 1.54) is 9.91 Å². The van der Waals surface area contributed by atoms with Gasteiger partial charge in [-0.1, -0.05) is 0 Å². The number of rotatable bonds is 5. The van der Waals surface area contributed by atoms with Crippen molar-refractivity contribution in [1.82, 2.24) is 20.7 Å². The third-order valence-corrected chi connectivity index (χ3v) is 6.00. The number of hydrogen-bond donors (Lipinski definition) is 2. The first-order valence-electron chi connectivity index (χ1n) is 11.4. The molecule has 1 aromatic rings. The van der Waals surface area contributed by atoms with E-state index in [-0.39, 0.29) is 56.7 Å². The summed E-state index contributed by atoms with van der Waals surface area (Å²) in [5.41, 5.74) is 2.57. The lowest BCUT2D eigenvalue weighted by Gasteiger charge is -2.32. The number of anilines is 2. The highest BCUT2D eigenvalue weighted by Crippen LogP contribution is 2.31. The minimum atomic E-state index is -3.22. The summed E-state index contributed by atoms with van der Waals surface area (Å²) in [5, 5.41) is 3.36. The maximum atomic E-state index is 15.1. The van der Waals surface area contributed by atoms with Gasteiger partial charge in [0.25, 0.3) is 5.91 Å². The number of hydrogen-bond acceptors (Lipinski definition) is 7. The van der Waals surface area contributed by atoms with Gasteiger partial charge in [0, 0.05) is 44.9 Å². The summed E-state index contributed by atoms with van der Waals surface area (Å²) >= 11 is 0. The highest BCUT2D eigenvalue weighted by molar-refractivity contribution is 5.90. The van der Waals surface area contributed by atoms with Crippen LogP contribution in [0, 0.1) is 11.6 Å². The third kappa shape index (κ3) is 5.73. The molecule has 3 aliphatic rings. The molecule has 36 heavy (non-hydrogen) atoms. The van der Waals surface area contributed by atoms with Crippen LogP contribution in [0.4, 0.5) is 38.5 Å². The fourth-order valence-electron chi connectivity index (χ4n) is 4.18. The van der Waals surface area contributed by atoms with Crippen LogP contribution in [0.25, 0.3) is 0 Å². The van der Waals surface area contributed by atoms with Gasteiger partial charge in [0.15, 0.2) is 11.6 Å². The topological polar surface area (TPSA) is 107 Å². The lowest BCUT2D eigenvalue weighted by Crippen LogP contribution is -2.53. The molecule has 0 radical (unpaired) electrons. The molecule has 1 atom stereocenters. The van der Waals surface area contributed by atoms with E-state index in [0.29, 0.717) is 26.3 Å². The van der Waals surface area contributed by atoms with Crippen molar-refractivity contribution in [2.45, 2.75) is 12.5 Å². The van der Waals surface area contributed by atoms with Crippen LogP contribution >= 0.6 is 0 Å². The van der Waals surface area contributed by atoms with Crippen molar-refractivity contribution in [2.24, 2.45) is 0 Å². The van der Waals surface area contributed by atoms with Gasteiger partial charge in [0.2, 0.25) is 0 Å². The number of carbonyl (C=O) groups is 3. The van der Waals surface area contributed by atoms with E-state index in [1.807, 2.05) is 5.32 Å². The number of hydrazine groups is 1. The number of nitrogens with one attached hydrogen (secondary N) is 2. The number of urea groups is 1. The molecule has 0 spiro atoms. The lowest BCUT2D eigenvalue weighted by atomic mass is 10.2. The summed E-state index contributed by atoms with van der Waals surface area (Å²) in [6.45, 7) is 2.10. The second-order valence-electron chi connectivity index (χ2n) is 8.35. The maximum Gasteiger partial charge on any atom is 0.414 e. The monoisotopic (exact) mass is 518 g/mol. The molecule has 3 heterocycles. The number of morpholine rings is 1. The summed E-state index contributed by atoms with van der Waals surface area (Å²) in [4.78, 5) is 40.0. The highest BCUT2D eigenvalue weighted by Gasteiger charge is 2.35. The quantitative estimate of drug-likeness (QED) is 0.555. The van der Waals surface area contributed by atoms with E-state index < -0.39 is 36.2 Å². The van der Waals surface area contributed by atoms with Gasteiger partial charge in [-0.15, -0.1) is 0 Å². The number of ether oxygens (including phenoxy) is 2. The number of nitrogens with zero attached hydrogens (tertiary/aromatic N) is 4. The number of alkyl halides is 2. The van der Waals surface area contributed by atoms with E-state index in [1.54, 1.807) is 4.90 Å². The molecule has 0 aromatic heterocycles. The molecule has 0 aliphatic carbocycles. The number of carbonyl (C=O) groups excluding carboxylic acids is 3. The van der Waals surface area contributed by atoms with Crippen LogP contribution in [0.2, 0.25) is 0 Å². The summed E-state index contributed by atoms with van der Waals surface area (Å²) in [6, 6.07) is 1.73. The van der Waals surface area contributed by atoms with Crippen LogP contribution in [0.1, 0.15) is 0 Å². The molecule has 3 saturated heterocycles. The molecule has 3 fully saturated rings. The van der Waals surface area contributed by atoms with Gasteiger partial charge in [-0.05, 0) is 0 Å². The number of benzene rings is 1. The number of amides is 4. The predicted molar refractivity (Wildman–Crippen MR) is 118 cm³/mol. The summed E-state index contributed by atoms with van der Waals surface area (Å²) in [5.74, 6) is -3.34. The predicted octanol–water partition coefficient (Wildman–Crippen LogP) is 0.750. The Hall–Kier alpha value is -3.33. The Labute approximate surface area is 203 Å². The van der Waals surface area contributed by atoms with Crippen molar-refractivity contribution in [3.63, 3.8) is 0 Å². The van der Waals surface area contributed by atoms with E-state index in [2.05, 4.69) is 5.43 Å². The molecule has 4 rings (SSSR count). The summed E-state index contributed by atoms with van der Waals surface area (Å²) < 4.78 is 65.0. The van der Waals surface area contributed by atoms with Crippen molar-refractivity contribution in [1.29, 1.82) is 0 Å². The van der Waals surface area contributed by atoms with Crippen molar-refractivity contribution < 1.29 is 41.4 Å². The fourth-order valence-corrected chi connectivity index (χ4v) is 4.18. The van der Waals surface area contributed by atoms with Crippen LogP contribution in [0.15, 0.2) is 12.1 Å². The minimum absolute atomic E-state index is 0.112. The van der Waals surface area contributed by atoms with E-state index >= 15 is 8.78 Å². The smallest absolute Gasteiger partial charge is 0.414 e. The van der Waals surface area contributed by atoms with Crippen LogP contribution in [0.3, 0.4) is 0 Å². The van der Waals surface area contributed by atoms with Gasteiger partial charge in [-0.25, -0.2) is 23.8 Å². The molecule has 0 bridgehead atoms. The van der Waals surface area contributed by atoms with Gasteiger partial charge in [0.05, 0.1) is 38.5 Å². The second kappa shape index (κ2) is 11.2. The van der Waals surface area contributed by atoms with Gasteiger partial charge >= 0.3 is 18.5 Å². The van der Waals surface area contributed by atoms with Gasteiger partial charge in [-0.2, -0.15) is 8.78 Å². The van der Waals surface area contributed by atoms with Gasteiger partial charge in [-0.3, -0.25) is 14.7 Å². The van der Waals surface area contributed by atoms with Crippen molar-refractivity contribution in [3.05, 3.63) is 23.8 Å². The molecule has 1 aromatic carbocycles. The number of halogens is 4. The zero-order valence-corrected chi connectivity index (χ0v) is 19.2. The Morgan fingerprint density at radius 1 is 1.08 bits per heavy atom. The molecule has 198 valence electrons. The molecule has 15 heteroatoms. The first-order valence-corrected chi connectivity index (χ1v) is 11.4. The van der Waals surface area contributed by atoms with Crippen LogP contribution < -0.4 is 20.5 Å². The Balaban J connectivity index is 1.40. The molecular formula is C21H26F4N6O5. The first-order chi connectivity index (χ1) is 17.2. The van der Waals surface area contributed by atoms with E-state index in [9.17, 15) is 23.2 Å². The Bertz CT molecular complexity index is 973. The Morgan fingerprint density at radius 2 is 1.78 bits per heavy atom. The second-order valence-corrected chi connectivity index (χ2v) is 8.35. The highest BCUT2D eigenvalue weighted by atomic mass is 19.3. The maximum absolute atomic E-state index is 15.1. The minimum Gasteiger partial charge on any atom is -0.442 e. The molecule has 0 saturated carbocycles. The largest absolute Gasteiger partial charge is 0.442 e. The molecule has 3 aliphatic heterocycles. The van der Waals surface area contributed by atoms with E-state index in [4.69, 9.17) is 9.47 Å². The third-order valence-electron chi connectivity index (χ3n) is 6.00. The molecule has 4 amide bonds. The summed E-state index contributed by atoms with van der Waals surface area (Å²) in [6.07, 6.45) is -5.10. The van der Waals surface area contributed by atoms with Crippen LogP contribution in [-0.2, 0) is 14.3 Å². The zero-order valence-electron chi connectivity index (χ0n) is 19.2. The fraction of sp³-hybridized carbons (Fsp3) is 0.571. The van der Waals surface area contributed by atoms with Gasteiger partial charge < -0.3 is 24.6 Å². The molecule has 1 unspecified atom stereocenters. The molecule has 11 nitrogen and oxygen atoms in total. The first kappa shape index (κ1) is 25.8. The van der Waals surface area contributed by atoms with E-state index in [0.717, 1.165) is 17.0 Å². The average Bonchev–Trinajstić information content (AvgIpc) is 3.06. The van der Waals surface area contributed by atoms with Crippen molar-refractivity contribution in [3.8, 4) is 0 Å². The summed E-state index contributed by atoms with van der Waals surface area (Å²) in [7, 11) is 0. The normalized spacial score (nSPS) is 21.0. The van der Waals surface area contributed by atoms with Gasteiger partial charge in [0.1, 0.15) is 11.8 Å². The lowest BCUT2D eigenvalue weighted by molar-refractivity contribution is -0.132. The van der Waals surface area contributed by atoms with Crippen LogP contribution in [0.5, 0.6) is 0 Å². The molecular weight excluding hydrogens is 492 g/mol. The van der Waals surface area contributed by atoms with Crippen molar-refractivity contribution >= 4 is 29.4 Å². The molecule has 2 N–H and O–H groups in total. The average molecular weight is 518 g/mol. The SMILES string of the molecule is O=C(NCC1CN(c2cc(F)c(N3CCNN(C(=O)N4CCOCC4)CC3)c(F)c2)C(=O)O1)C(F)F. The Kier molecular flexibility index (Phi) is 7.98. The van der Waals surface area contributed by atoms with Crippen LogP contribution in [-0.4, -0.2) is 106 Å². The standard InChI is InChI=1S/C21H26F4N6O5/c22-15-9-13(30-12-14(36-21(30)34)11-26-19(32)18(24)25)10-16(23)17(15)28-2-1-27-31(4-3-28)20(33)29-5-7-35-8-6-29/h9-10,14,18,27H,1-8,11-12H2,(H,26,32). The Morgan fingerprint density at radius 3 is 2.44 bits per heavy atom. The van der Waals surface area contributed by atoms with Crippen molar-refractivity contribution in [2.75, 3.05) is 75.4 Å².